The Kier molecular flexibility index (Phi) is 2.95. The molecule has 2 rings (SSSR count). The predicted octanol–water partition coefficient (Wildman–Crippen LogP) is 4.38. The van der Waals surface area contributed by atoms with Gasteiger partial charge in [-0.2, -0.15) is 0 Å². The van der Waals surface area contributed by atoms with Gasteiger partial charge in [0, 0.05) is 5.41 Å². The zero-order valence-corrected chi connectivity index (χ0v) is 9.63. The van der Waals surface area contributed by atoms with E-state index >= 15 is 0 Å². The van der Waals surface area contributed by atoms with E-state index in [1.807, 2.05) is 0 Å². The molecule has 1 aromatic rings. The Hall–Kier alpha value is -1.04. The fourth-order valence-corrected chi connectivity index (χ4v) is 2.75. The van der Waals surface area contributed by atoms with Crippen LogP contribution in [0.5, 0.6) is 0 Å². The summed E-state index contributed by atoms with van der Waals surface area (Å²) in [5, 5.41) is 0. The molecule has 0 heterocycles. The van der Waals surface area contributed by atoms with Crippen molar-refractivity contribution in [1.29, 1.82) is 0 Å². The molecule has 0 atom stereocenters. The highest BCUT2D eigenvalue weighted by Crippen LogP contribution is 2.40. The second-order valence-electron chi connectivity index (χ2n) is 4.79. The summed E-state index contributed by atoms with van der Waals surface area (Å²) in [4.78, 5) is 0. The summed E-state index contributed by atoms with van der Waals surface area (Å²) in [5.41, 5.74) is 3.10. The smallest absolute Gasteiger partial charge is 0.0129 e. The lowest BCUT2D eigenvalue weighted by molar-refractivity contribution is 0.357. The van der Waals surface area contributed by atoms with E-state index in [-0.39, 0.29) is 5.41 Å². The van der Waals surface area contributed by atoms with Gasteiger partial charge in [-0.25, -0.2) is 0 Å². The Balaban J connectivity index is 2.36. The topological polar surface area (TPSA) is 0 Å². The summed E-state index contributed by atoms with van der Waals surface area (Å²) >= 11 is 0. The van der Waals surface area contributed by atoms with Crippen molar-refractivity contribution in [3.63, 3.8) is 0 Å². The SMILES string of the molecule is C=CC1(c2cccc(C)c2)CCCCC1. The highest BCUT2D eigenvalue weighted by Gasteiger charge is 2.30. The molecule has 0 aliphatic heterocycles. The second-order valence-corrected chi connectivity index (χ2v) is 4.79. The molecule has 0 saturated heterocycles. The molecule has 0 N–H and O–H groups in total. The van der Waals surface area contributed by atoms with Gasteiger partial charge >= 0.3 is 0 Å². The number of hydrogen-bond donors (Lipinski definition) is 0. The maximum atomic E-state index is 4.06. The van der Waals surface area contributed by atoms with Gasteiger partial charge in [-0.1, -0.05) is 55.2 Å². The lowest BCUT2D eigenvalue weighted by Crippen LogP contribution is -2.26. The Morgan fingerprint density at radius 2 is 1.93 bits per heavy atom. The van der Waals surface area contributed by atoms with Gasteiger partial charge in [0.2, 0.25) is 0 Å². The number of allylic oxidation sites excluding steroid dienone is 1. The average molecular weight is 200 g/mol. The second kappa shape index (κ2) is 4.22. The van der Waals surface area contributed by atoms with Gasteiger partial charge in [0.1, 0.15) is 0 Å². The minimum absolute atomic E-state index is 0.268. The highest BCUT2D eigenvalue weighted by atomic mass is 14.3. The zero-order valence-electron chi connectivity index (χ0n) is 9.63. The maximum Gasteiger partial charge on any atom is 0.0129 e. The minimum atomic E-state index is 0.268. The van der Waals surface area contributed by atoms with Gasteiger partial charge in [0.15, 0.2) is 0 Å². The lowest BCUT2D eigenvalue weighted by atomic mass is 9.69. The molecule has 0 bridgehead atoms. The van der Waals surface area contributed by atoms with Crippen LogP contribution in [0.15, 0.2) is 36.9 Å². The monoisotopic (exact) mass is 200 g/mol. The van der Waals surface area contributed by atoms with Crippen molar-refractivity contribution in [2.75, 3.05) is 0 Å². The van der Waals surface area contributed by atoms with Gasteiger partial charge in [-0.05, 0) is 25.3 Å². The van der Waals surface area contributed by atoms with Crippen LogP contribution in [-0.4, -0.2) is 0 Å². The third-order valence-corrected chi connectivity index (χ3v) is 3.73. The lowest BCUT2D eigenvalue weighted by Gasteiger charge is -2.35. The van der Waals surface area contributed by atoms with E-state index in [1.165, 1.54) is 43.2 Å². The molecule has 0 spiro atoms. The fourth-order valence-electron chi connectivity index (χ4n) is 2.75. The van der Waals surface area contributed by atoms with Gasteiger partial charge in [0.25, 0.3) is 0 Å². The van der Waals surface area contributed by atoms with Crippen LogP contribution in [0.2, 0.25) is 0 Å². The van der Waals surface area contributed by atoms with Crippen LogP contribution in [-0.2, 0) is 5.41 Å². The summed E-state index contributed by atoms with van der Waals surface area (Å²) in [6.07, 6.45) is 8.82. The van der Waals surface area contributed by atoms with Crippen LogP contribution in [0.1, 0.15) is 43.2 Å². The van der Waals surface area contributed by atoms with Crippen LogP contribution in [0.25, 0.3) is 0 Å². The van der Waals surface area contributed by atoms with E-state index in [1.54, 1.807) is 0 Å². The van der Waals surface area contributed by atoms with Crippen LogP contribution >= 0.6 is 0 Å². The third kappa shape index (κ3) is 1.99. The molecule has 0 amide bonds. The standard InChI is InChI=1S/C15H20/c1-3-15(10-5-4-6-11-15)14-9-7-8-13(2)12-14/h3,7-9,12H,1,4-6,10-11H2,2H3. The summed E-state index contributed by atoms with van der Waals surface area (Å²) in [5.74, 6) is 0. The van der Waals surface area contributed by atoms with Gasteiger partial charge in [-0.3, -0.25) is 0 Å². The van der Waals surface area contributed by atoms with Crippen molar-refractivity contribution in [2.24, 2.45) is 0 Å². The fraction of sp³-hybridized carbons (Fsp3) is 0.467. The van der Waals surface area contributed by atoms with E-state index in [0.29, 0.717) is 0 Å². The van der Waals surface area contributed by atoms with E-state index < -0.39 is 0 Å². The van der Waals surface area contributed by atoms with Gasteiger partial charge in [0.05, 0.1) is 0 Å². The molecule has 80 valence electrons. The molecule has 0 aromatic heterocycles. The number of hydrogen-bond acceptors (Lipinski definition) is 0. The van der Waals surface area contributed by atoms with Crippen LogP contribution in [0.4, 0.5) is 0 Å². The van der Waals surface area contributed by atoms with E-state index in [2.05, 4.69) is 43.8 Å². The number of benzene rings is 1. The molecule has 0 nitrogen and oxygen atoms in total. The number of aryl methyl sites for hydroxylation is 1. The van der Waals surface area contributed by atoms with Crippen LogP contribution in [0, 0.1) is 6.92 Å². The van der Waals surface area contributed by atoms with Crippen LogP contribution < -0.4 is 0 Å². The van der Waals surface area contributed by atoms with Crippen molar-refractivity contribution in [3.8, 4) is 0 Å². The molecule has 15 heavy (non-hydrogen) atoms. The summed E-state index contributed by atoms with van der Waals surface area (Å²) in [6.45, 7) is 6.23. The zero-order chi connectivity index (χ0) is 10.7. The van der Waals surface area contributed by atoms with E-state index in [9.17, 15) is 0 Å². The molecule has 0 unspecified atom stereocenters. The Bertz CT molecular complexity index is 343. The maximum absolute atomic E-state index is 4.06. The quantitative estimate of drug-likeness (QED) is 0.621. The first-order chi connectivity index (χ1) is 7.27. The average Bonchev–Trinajstić information content (AvgIpc) is 2.30. The Labute approximate surface area is 93.0 Å². The molecular weight excluding hydrogens is 180 g/mol. The normalized spacial score (nSPS) is 19.8. The molecular formula is C15H20. The molecule has 0 heteroatoms. The summed E-state index contributed by atoms with van der Waals surface area (Å²) in [7, 11) is 0. The van der Waals surface area contributed by atoms with Crippen LogP contribution in [0.3, 0.4) is 0 Å². The first-order valence-electron chi connectivity index (χ1n) is 5.98. The van der Waals surface area contributed by atoms with Crippen molar-refractivity contribution >= 4 is 0 Å². The third-order valence-electron chi connectivity index (χ3n) is 3.73. The Morgan fingerprint density at radius 1 is 1.20 bits per heavy atom. The summed E-state index contributed by atoms with van der Waals surface area (Å²) < 4.78 is 0. The molecule has 1 aromatic carbocycles. The molecule has 0 radical (unpaired) electrons. The summed E-state index contributed by atoms with van der Waals surface area (Å²) in [6, 6.07) is 8.93. The molecule has 1 aliphatic rings. The molecule has 1 fully saturated rings. The van der Waals surface area contributed by atoms with Crippen molar-refractivity contribution in [3.05, 3.63) is 48.0 Å². The first kappa shape index (κ1) is 10.5. The highest BCUT2D eigenvalue weighted by molar-refractivity contribution is 5.33. The first-order valence-corrected chi connectivity index (χ1v) is 5.98. The van der Waals surface area contributed by atoms with Crippen molar-refractivity contribution in [1.82, 2.24) is 0 Å². The Morgan fingerprint density at radius 3 is 2.53 bits per heavy atom. The molecule has 1 aliphatic carbocycles. The molecule has 1 saturated carbocycles. The largest absolute Gasteiger partial charge is 0.102 e. The number of rotatable bonds is 2. The van der Waals surface area contributed by atoms with Gasteiger partial charge in [-0.15, -0.1) is 6.58 Å². The van der Waals surface area contributed by atoms with E-state index in [4.69, 9.17) is 0 Å². The minimum Gasteiger partial charge on any atom is -0.102 e. The van der Waals surface area contributed by atoms with Crippen molar-refractivity contribution in [2.45, 2.75) is 44.4 Å². The van der Waals surface area contributed by atoms with Crippen molar-refractivity contribution < 1.29 is 0 Å². The van der Waals surface area contributed by atoms with E-state index in [0.717, 1.165) is 0 Å². The predicted molar refractivity (Wildman–Crippen MR) is 66.1 cm³/mol. The van der Waals surface area contributed by atoms with Gasteiger partial charge < -0.3 is 0 Å².